The average Bonchev–Trinajstić information content (AvgIpc) is 2.59. The van der Waals surface area contributed by atoms with Crippen molar-refractivity contribution in [2.75, 3.05) is 7.11 Å². The molecule has 3 rings (SSSR count). The molecule has 2 aliphatic carbocycles. The Bertz CT molecular complexity index is 611. The number of nitrogens with two attached hydrogens (primary N) is 1. The van der Waals surface area contributed by atoms with E-state index in [0.717, 1.165) is 37.2 Å². The highest BCUT2D eigenvalue weighted by Crippen LogP contribution is 2.25. The van der Waals surface area contributed by atoms with Gasteiger partial charge in [-0.15, -0.1) is 12.4 Å². The Kier molecular flexibility index (Phi) is 7.16. The Morgan fingerprint density at radius 1 is 1.28 bits per heavy atom. The van der Waals surface area contributed by atoms with Crippen LogP contribution in [0.25, 0.3) is 0 Å². The van der Waals surface area contributed by atoms with Crippen molar-refractivity contribution in [1.29, 1.82) is 0 Å². The number of aryl methyl sites for hydroxylation is 2. The Hall–Kier alpha value is -1.24. The predicted molar refractivity (Wildman–Crippen MR) is 98.6 cm³/mol. The molecular formula is C18H29ClN4O2. The molecule has 0 bridgehead atoms. The largest absolute Gasteiger partial charge is 0.380 e. The predicted octanol–water partition coefficient (Wildman–Crippen LogP) is 1.84. The van der Waals surface area contributed by atoms with Gasteiger partial charge in [0.05, 0.1) is 12.6 Å². The van der Waals surface area contributed by atoms with Gasteiger partial charge in [0, 0.05) is 30.5 Å². The molecule has 0 radical (unpaired) electrons. The summed E-state index contributed by atoms with van der Waals surface area (Å²) in [6.07, 6.45) is 6.92. The first-order valence-corrected chi connectivity index (χ1v) is 9.00. The van der Waals surface area contributed by atoms with E-state index in [9.17, 15) is 4.79 Å². The highest BCUT2D eigenvalue weighted by Gasteiger charge is 2.31. The lowest BCUT2D eigenvalue weighted by atomic mass is 9.83. The van der Waals surface area contributed by atoms with Crippen molar-refractivity contribution in [1.82, 2.24) is 15.3 Å². The first kappa shape index (κ1) is 20.1. The molecule has 1 amide bonds. The molecule has 0 aromatic carbocycles. The van der Waals surface area contributed by atoms with Crippen LogP contribution in [-0.2, 0) is 28.9 Å². The quantitative estimate of drug-likeness (QED) is 0.846. The van der Waals surface area contributed by atoms with E-state index < -0.39 is 0 Å². The fourth-order valence-corrected chi connectivity index (χ4v) is 3.94. The molecule has 3 N–H and O–H groups in total. The van der Waals surface area contributed by atoms with Gasteiger partial charge in [-0.25, -0.2) is 9.97 Å². The first-order chi connectivity index (χ1) is 11.6. The average molecular weight is 369 g/mol. The fourth-order valence-electron chi connectivity index (χ4n) is 3.94. The van der Waals surface area contributed by atoms with Crippen molar-refractivity contribution < 1.29 is 9.53 Å². The fraction of sp³-hybridized carbons (Fsp3) is 0.722. The van der Waals surface area contributed by atoms with Crippen molar-refractivity contribution in [3.63, 3.8) is 0 Å². The molecule has 2 aliphatic rings. The number of carbonyl (C=O) groups excluding carboxylic acids is 1. The van der Waals surface area contributed by atoms with E-state index in [1.54, 1.807) is 7.11 Å². The summed E-state index contributed by atoms with van der Waals surface area (Å²) in [6.45, 7) is 2.44. The summed E-state index contributed by atoms with van der Waals surface area (Å²) >= 11 is 0. The van der Waals surface area contributed by atoms with Crippen molar-refractivity contribution in [3.05, 3.63) is 22.8 Å². The molecule has 1 aromatic rings. The van der Waals surface area contributed by atoms with E-state index in [4.69, 9.17) is 10.5 Å². The molecule has 0 unspecified atom stereocenters. The number of amides is 1. The zero-order valence-electron chi connectivity index (χ0n) is 15.1. The highest BCUT2D eigenvalue weighted by molar-refractivity contribution is 5.85. The van der Waals surface area contributed by atoms with E-state index in [1.807, 2.05) is 6.92 Å². The Morgan fingerprint density at radius 3 is 2.76 bits per heavy atom. The molecular weight excluding hydrogens is 340 g/mol. The lowest BCUT2D eigenvalue weighted by Gasteiger charge is -2.32. The number of halogens is 1. The van der Waals surface area contributed by atoms with Gasteiger partial charge in [0.15, 0.2) is 0 Å². The van der Waals surface area contributed by atoms with Crippen LogP contribution in [0.4, 0.5) is 0 Å². The lowest BCUT2D eigenvalue weighted by Crippen LogP contribution is -2.45. The van der Waals surface area contributed by atoms with Gasteiger partial charge in [0.25, 0.3) is 0 Å². The van der Waals surface area contributed by atoms with Crippen LogP contribution in [0.3, 0.4) is 0 Å². The van der Waals surface area contributed by atoms with E-state index in [-0.39, 0.29) is 36.4 Å². The molecule has 0 spiro atoms. The molecule has 1 fully saturated rings. The van der Waals surface area contributed by atoms with Crippen molar-refractivity contribution in [2.24, 2.45) is 11.7 Å². The smallest absolute Gasteiger partial charge is 0.223 e. The minimum absolute atomic E-state index is 0. The van der Waals surface area contributed by atoms with Gasteiger partial charge in [-0.2, -0.15) is 0 Å². The second kappa shape index (κ2) is 8.92. The Balaban J connectivity index is 0.00000225. The SMILES string of the molecule is CO[C@@H]1CC[C@H](C(=O)NCc2nc(C)c3c(n2)CCCC3)C[C@H]1N.Cl. The third-order valence-corrected chi connectivity index (χ3v) is 5.36. The number of ether oxygens (including phenoxy) is 1. The summed E-state index contributed by atoms with van der Waals surface area (Å²) in [5.41, 5.74) is 9.63. The number of nitrogens with one attached hydrogen (secondary N) is 1. The molecule has 3 atom stereocenters. The molecule has 7 heteroatoms. The maximum atomic E-state index is 12.4. The van der Waals surface area contributed by atoms with Crippen LogP contribution in [0, 0.1) is 12.8 Å². The van der Waals surface area contributed by atoms with E-state index in [1.165, 1.54) is 24.1 Å². The highest BCUT2D eigenvalue weighted by atomic mass is 35.5. The van der Waals surface area contributed by atoms with Crippen molar-refractivity contribution in [2.45, 2.75) is 70.6 Å². The standard InChI is InChI=1S/C18H28N4O2.ClH/c1-11-13-5-3-4-6-15(13)22-17(21-11)10-20-18(23)12-7-8-16(24-2)14(19)9-12;/h12,14,16H,3-10,19H2,1-2H3,(H,20,23);1H/t12-,14+,16+;/m0./s1. The summed E-state index contributed by atoms with van der Waals surface area (Å²) in [4.78, 5) is 21.7. The zero-order chi connectivity index (χ0) is 17.1. The van der Waals surface area contributed by atoms with Gasteiger partial charge in [-0.3, -0.25) is 4.79 Å². The van der Waals surface area contributed by atoms with Gasteiger partial charge in [0.1, 0.15) is 5.82 Å². The summed E-state index contributed by atoms with van der Waals surface area (Å²) in [7, 11) is 1.68. The number of fused-ring (bicyclic) bond motifs is 1. The zero-order valence-corrected chi connectivity index (χ0v) is 15.9. The lowest BCUT2D eigenvalue weighted by molar-refractivity contribution is -0.127. The van der Waals surface area contributed by atoms with Crippen LogP contribution >= 0.6 is 12.4 Å². The minimum Gasteiger partial charge on any atom is -0.380 e. The second-order valence-electron chi connectivity index (χ2n) is 7.02. The van der Waals surface area contributed by atoms with Crippen LogP contribution in [0.15, 0.2) is 0 Å². The van der Waals surface area contributed by atoms with Gasteiger partial charge >= 0.3 is 0 Å². The molecule has 1 saturated carbocycles. The second-order valence-corrected chi connectivity index (χ2v) is 7.02. The monoisotopic (exact) mass is 368 g/mol. The molecule has 0 aliphatic heterocycles. The normalized spacial score (nSPS) is 25.6. The van der Waals surface area contributed by atoms with Crippen LogP contribution in [0.2, 0.25) is 0 Å². The third kappa shape index (κ3) is 4.68. The topological polar surface area (TPSA) is 90.1 Å². The van der Waals surface area contributed by atoms with E-state index >= 15 is 0 Å². The number of hydrogen-bond donors (Lipinski definition) is 2. The molecule has 6 nitrogen and oxygen atoms in total. The van der Waals surface area contributed by atoms with Gasteiger partial charge < -0.3 is 15.8 Å². The maximum absolute atomic E-state index is 12.4. The van der Waals surface area contributed by atoms with Gasteiger partial charge in [-0.05, 0) is 57.4 Å². The van der Waals surface area contributed by atoms with Crippen LogP contribution in [0.1, 0.15) is 54.9 Å². The molecule has 25 heavy (non-hydrogen) atoms. The molecule has 1 heterocycles. The number of rotatable bonds is 4. The van der Waals surface area contributed by atoms with E-state index in [0.29, 0.717) is 13.0 Å². The number of methoxy groups -OCH3 is 1. The summed E-state index contributed by atoms with van der Waals surface area (Å²) in [6, 6.07) is -0.0678. The first-order valence-electron chi connectivity index (χ1n) is 9.00. The third-order valence-electron chi connectivity index (χ3n) is 5.36. The number of aromatic nitrogens is 2. The van der Waals surface area contributed by atoms with E-state index in [2.05, 4.69) is 15.3 Å². The maximum Gasteiger partial charge on any atom is 0.223 e. The number of hydrogen-bond acceptors (Lipinski definition) is 5. The van der Waals surface area contributed by atoms with Gasteiger partial charge in [0.2, 0.25) is 5.91 Å². The van der Waals surface area contributed by atoms with Crippen molar-refractivity contribution in [3.8, 4) is 0 Å². The number of carbonyl (C=O) groups is 1. The van der Waals surface area contributed by atoms with Crippen LogP contribution in [0.5, 0.6) is 0 Å². The van der Waals surface area contributed by atoms with Crippen LogP contribution in [-0.4, -0.2) is 35.1 Å². The minimum atomic E-state index is -0.0678. The molecule has 0 saturated heterocycles. The Labute approximate surface area is 155 Å². The van der Waals surface area contributed by atoms with Gasteiger partial charge in [-0.1, -0.05) is 0 Å². The number of nitrogens with zero attached hydrogens (tertiary/aromatic N) is 2. The Morgan fingerprint density at radius 2 is 2.04 bits per heavy atom. The summed E-state index contributed by atoms with van der Waals surface area (Å²) in [5, 5.41) is 3.00. The summed E-state index contributed by atoms with van der Waals surface area (Å²) in [5.74, 6) is 0.737. The van der Waals surface area contributed by atoms with Crippen molar-refractivity contribution >= 4 is 18.3 Å². The summed E-state index contributed by atoms with van der Waals surface area (Å²) < 4.78 is 5.35. The molecule has 1 aromatic heterocycles. The van der Waals surface area contributed by atoms with Crippen LogP contribution < -0.4 is 11.1 Å². The molecule has 140 valence electrons.